The first kappa shape index (κ1) is 23.6. The van der Waals surface area contributed by atoms with Crippen LogP contribution in [0.25, 0.3) is 22.0 Å². The fourth-order valence-electron chi connectivity index (χ4n) is 4.35. The summed E-state index contributed by atoms with van der Waals surface area (Å²) in [5.41, 5.74) is 8.58. The van der Waals surface area contributed by atoms with Gasteiger partial charge in [0.25, 0.3) is 0 Å². The van der Waals surface area contributed by atoms with Gasteiger partial charge in [0.05, 0.1) is 26.3 Å². The van der Waals surface area contributed by atoms with E-state index in [2.05, 4.69) is 27.9 Å². The number of nitrogens with zero attached hydrogens (tertiary/aromatic N) is 4. The molecule has 0 atom stereocenters. The topological polar surface area (TPSA) is 96.9 Å². The van der Waals surface area contributed by atoms with Gasteiger partial charge in [-0.05, 0) is 25.6 Å². The van der Waals surface area contributed by atoms with Crippen LogP contribution in [-0.2, 0) is 0 Å². The van der Waals surface area contributed by atoms with E-state index in [0.717, 1.165) is 50.1 Å². The van der Waals surface area contributed by atoms with Crippen molar-refractivity contribution in [3.05, 3.63) is 42.0 Å². The molecule has 2 heterocycles. The van der Waals surface area contributed by atoms with E-state index in [0.29, 0.717) is 40.5 Å². The molecule has 1 aliphatic rings. The van der Waals surface area contributed by atoms with Gasteiger partial charge in [-0.2, -0.15) is 5.26 Å². The quantitative estimate of drug-likeness (QED) is 0.510. The number of nitrogens with two attached hydrogens (primary N) is 1. The molecule has 8 heteroatoms. The Hall–Kier alpha value is -3.54. The minimum Gasteiger partial charge on any atom is -0.496 e. The second-order valence-electron chi connectivity index (χ2n) is 8.43. The lowest BCUT2D eigenvalue weighted by molar-refractivity contribution is 0.145. The van der Waals surface area contributed by atoms with Crippen LogP contribution in [0.1, 0.15) is 12.0 Å². The first-order valence-electron chi connectivity index (χ1n) is 11.4. The number of aromatic nitrogens is 1. The Morgan fingerprint density at radius 1 is 1.03 bits per heavy atom. The number of benzene rings is 2. The Labute approximate surface area is 200 Å². The van der Waals surface area contributed by atoms with Gasteiger partial charge in [0.2, 0.25) is 0 Å². The molecule has 1 fully saturated rings. The standard InChI is InChI=1S/C26H31N5O3/c1-30-10-12-31(13-11-30)9-6-14-34-24-16-21-19(15-23(24)33-3)25(20(17-27)26(28)29-21)18-7-4-5-8-22(18)32-2/h4-5,7-8,15-16H,6,9-14H2,1-3H3,(H2,28,29). The molecule has 4 rings (SSSR count). The van der Waals surface area contributed by atoms with Gasteiger partial charge in [-0.1, -0.05) is 18.2 Å². The van der Waals surface area contributed by atoms with E-state index < -0.39 is 0 Å². The maximum atomic E-state index is 9.86. The van der Waals surface area contributed by atoms with Gasteiger partial charge < -0.3 is 29.7 Å². The lowest BCUT2D eigenvalue weighted by atomic mass is 9.95. The smallest absolute Gasteiger partial charge is 0.163 e. The zero-order valence-electron chi connectivity index (χ0n) is 20.0. The highest BCUT2D eigenvalue weighted by Crippen LogP contribution is 2.42. The van der Waals surface area contributed by atoms with Crippen molar-refractivity contribution in [2.75, 3.05) is 66.3 Å². The highest BCUT2D eigenvalue weighted by atomic mass is 16.5. The van der Waals surface area contributed by atoms with E-state index in [1.807, 2.05) is 36.4 Å². The van der Waals surface area contributed by atoms with Gasteiger partial charge in [0.1, 0.15) is 23.2 Å². The lowest BCUT2D eigenvalue weighted by Gasteiger charge is -2.32. The van der Waals surface area contributed by atoms with Crippen molar-refractivity contribution in [2.45, 2.75) is 6.42 Å². The van der Waals surface area contributed by atoms with Crippen LogP contribution in [0.15, 0.2) is 36.4 Å². The molecular formula is C26H31N5O3. The number of para-hydroxylation sites is 1. The fourth-order valence-corrected chi connectivity index (χ4v) is 4.35. The monoisotopic (exact) mass is 461 g/mol. The van der Waals surface area contributed by atoms with Crippen LogP contribution in [0.3, 0.4) is 0 Å². The number of piperazine rings is 1. The minimum absolute atomic E-state index is 0.169. The number of methoxy groups -OCH3 is 2. The number of likely N-dealkylation sites (N-methyl/N-ethyl adjacent to an activating group) is 1. The first-order chi connectivity index (χ1) is 16.5. The summed E-state index contributed by atoms with van der Waals surface area (Å²) in [7, 11) is 5.37. The zero-order chi connectivity index (χ0) is 24.1. The molecule has 1 aromatic heterocycles. The van der Waals surface area contributed by atoms with Crippen molar-refractivity contribution in [1.82, 2.24) is 14.8 Å². The molecule has 0 saturated carbocycles. The maximum Gasteiger partial charge on any atom is 0.163 e. The van der Waals surface area contributed by atoms with Gasteiger partial charge in [0, 0.05) is 55.3 Å². The van der Waals surface area contributed by atoms with Crippen molar-refractivity contribution in [3.63, 3.8) is 0 Å². The van der Waals surface area contributed by atoms with Crippen LogP contribution < -0.4 is 19.9 Å². The van der Waals surface area contributed by atoms with Crippen molar-refractivity contribution in [1.29, 1.82) is 5.26 Å². The molecule has 3 aromatic rings. The van der Waals surface area contributed by atoms with Crippen LogP contribution >= 0.6 is 0 Å². The highest BCUT2D eigenvalue weighted by Gasteiger charge is 2.20. The molecule has 34 heavy (non-hydrogen) atoms. The predicted molar refractivity (Wildman–Crippen MR) is 133 cm³/mol. The molecule has 0 bridgehead atoms. The van der Waals surface area contributed by atoms with Gasteiger partial charge >= 0.3 is 0 Å². The molecule has 0 radical (unpaired) electrons. The van der Waals surface area contributed by atoms with Crippen LogP contribution in [0.5, 0.6) is 17.2 Å². The zero-order valence-corrected chi connectivity index (χ0v) is 20.0. The van der Waals surface area contributed by atoms with Crippen LogP contribution in [-0.4, -0.2) is 75.4 Å². The third-order valence-electron chi connectivity index (χ3n) is 6.26. The summed E-state index contributed by atoms with van der Waals surface area (Å²) < 4.78 is 17.3. The predicted octanol–water partition coefficient (Wildman–Crippen LogP) is 3.39. The number of ether oxygens (including phenoxy) is 3. The SMILES string of the molecule is COc1cc2c(-c3ccccc3OC)c(C#N)c(N)nc2cc1OCCCN1CCN(C)CC1. The molecule has 0 amide bonds. The third kappa shape index (κ3) is 4.86. The average Bonchev–Trinajstić information content (AvgIpc) is 2.86. The van der Waals surface area contributed by atoms with Crippen molar-refractivity contribution >= 4 is 16.7 Å². The summed E-state index contributed by atoms with van der Waals surface area (Å²) in [6.45, 7) is 5.95. The largest absolute Gasteiger partial charge is 0.496 e. The molecule has 8 nitrogen and oxygen atoms in total. The molecule has 0 unspecified atom stereocenters. The van der Waals surface area contributed by atoms with E-state index in [4.69, 9.17) is 19.9 Å². The summed E-state index contributed by atoms with van der Waals surface area (Å²) in [5, 5.41) is 10.6. The number of pyridine rings is 1. The van der Waals surface area contributed by atoms with Gasteiger partial charge in [-0.3, -0.25) is 0 Å². The Morgan fingerprint density at radius 3 is 2.47 bits per heavy atom. The van der Waals surface area contributed by atoms with Crippen LogP contribution in [0.4, 0.5) is 5.82 Å². The minimum atomic E-state index is 0.169. The summed E-state index contributed by atoms with van der Waals surface area (Å²) in [4.78, 5) is 9.31. The molecule has 2 N–H and O–H groups in total. The first-order valence-corrected chi connectivity index (χ1v) is 11.4. The highest BCUT2D eigenvalue weighted by molar-refractivity contribution is 6.02. The number of hydrogen-bond acceptors (Lipinski definition) is 8. The van der Waals surface area contributed by atoms with E-state index >= 15 is 0 Å². The normalized spacial score (nSPS) is 14.6. The second-order valence-corrected chi connectivity index (χ2v) is 8.43. The Kier molecular flexibility index (Phi) is 7.36. The summed E-state index contributed by atoms with van der Waals surface area (Å²) in [6, 6.07) is 13.5. The van der Waals surface area contributed by atoms with Crippen LogP contribution in [0, 0.1) is 11.3 Å². The number of nitriles is 1. The average molecular weight is 462 g/mol. The third-order valence-corrected chi connectivity index (χ3v) is 6.26. The molecule has 0 spiro atoms. The molecule has 1 aliphatic heterocycles. The maximum absolute atomic E-state index is 9.86. The number of anilines is 1. The summed E-state index contributed by atoms with van der Waals surface area (Å²) in [6.07, 6.45) is 0.917. The molecular weight excluding hydrogens is 430 g/mol. The van der Waals surface area contributed by atoms with Crippen molar-refractivity contribution in [3.8, 4) is 34.4 Å². The molecule has 0 aliphatic carbocycles. The van der Waals surface area contributed by atoms with E-state index in [1.54, 1.807) is 14.2 Å². The Bertz CT molecular complexity index is 1200. The molecule has 178 valence electrons. The van der Waals surface area contributed by atoms with Gasteiger partial charge in [-0.25, -0.2) is 4.98 Å². The number of fused-ring (bicyclic) bond motifs is 1. The number of rotatable bonds is 8. The Morgan fingerprint density at radius 2 is 1.76 bits per heavy atom. The summed E-state index contributed by atoms with van der Waals surface area (Å²) in [5.74, 6) is 2.01. The van der Waals surface area contributed by atoms with Gasteiger partial charge in [0.15, 0.2) is 11.5 Å². The molecule has 1 saturated heterocycles. The van der Waals surface area contributed by atoms with Crippen molar-refractivity contribution < 1.29 is 14.2 Å². The van der Waals surface area contributed by atoms with Gasteiger partial charge in [-0.15, -0.1) is 0 Å². The van der Waals surface area contributed by atoms with E-state index in [9.17, 15) is 5.26 Å². The number of hydrogen-bond donors (Lipinski definition) is 1. The summed E-state index contributed by atoms with van der Waals surface area (Å²) >= 11 is 0. The van der Waals surface area contributed by atoms with Crippen LogP contribution in [0.2, 0.25) is 0 Å². The fraction of sp³-hybridized carbons (Fsp3) is 0.385. The lowest BCUT2D eigenvalue weighted by Crippen LogP contribution is -2.44. The Balaban J connectivity index is 1.64. The van der Waals surface area contributed by atoms with Crippen molar-refractivity contribution in [2.24, 2.45) is 0 Å². The second kappa shape index (κ2) is 10.6. The number of nitrogen functional groups attached to an aromatic ring is 1. The van der Waals surface area contributed by atoms with E-state index in [1.165, 1.54) is 0 Å². The molecule has 2 aromatic carbocycles. The van der Waals surface area contributed by atoms with E-state index in [-0.39, 0.29) is 5.82 Å².